The van der Waals surface area contributed by atoms with Gasteiger partial charge in [-0.15, -0.1) is 12.4 Å². The molecule has 0 atom stereocenters. The molecule has 0 spiro atoms. The van der Waals surface area contributed by atoms with E-state index in [4.69, 9.17) is 5.73 Å². The minimum absolute atomic E-state index is 0. The van der Waals surface area contributed by atoms with Crippen molar-refractivity contribution in [3.05, 3.63) is 35.9 Å². The number of hydrogen-bond acceptors (Lipinski definition) is 3. The molecule has 1 aliphatic rings. The van der Waals surface area contributed by atoms with Gasteiger partial charge >= 0.3 is 0 Å². The first-order valence-corrected chi connectivity index (χ1v) is 9.85. The number of likely N-dealkylation sites (tertiary alicyclic amines) is 1. The molecule has 5 nitrogen and oxygen atoms in total. The van der Waals surface area contributed by atoms with Crippen molar-refractivity contribution in [2.45, 2.75) is 57.9 Å². The minimum Gasteiger partial charge on any atom is -0.354 e. The molecule has 0 bridgehead atoms. The molecule has 3 N–H and O–H groups in total. The van der Waals surface area contributed by atoms with E-state index < -0.39 is 0 Å². The minimum atomic E-state index is -0.316. The number of nitrogens with two attached hydrogens (primary N) is 1. The number of halogens is 1. The van der Waals surface area contributed by atoms with Crippen molar-refractivity contribution >= 4 is 24.2 Å². The fraction of sp³-hybridized carbons (Fsp3) is 0.619. The Kier molecular flexibility index (Phi) is 9.81. The number of nitrogens with one attached hydrogen (secondary N) is 1. The summed E-state index contributed by atoms with van der Waals surface area (Å²) in [5, 5.41) is 3.02. The molecule has 1 heterocycles. The van der Waals surface area contributed by atoms with Gasteiger partial charge in [0.15, 0.2) is 0 Å². The molecule has 1 aromatic rings. The first-order valence-electron chi connectivity index (χ1n) is 9.85. The lowest BCUT2D eigenvalue weighted by Crippen LogP contribution is -2.51. The van der Waals surface area contributed by atoms with Gasteiger partial charge in [-0.2, -0.15) is 0 Å². The van der Waals surface area contributed by atoms with E-state index in [1.807, 2.05) is 35.2 Å². The molecule has 0 aromatic heterocycles. The van der Waals surface area contributed by atoms with Crippen molar-refractivity contribution in [3.8, 4) is 0 Å². The standard InChI is InChI=1S/C21H33N3O2.ClH/c1-3-21(22,4-2)16-23-20(26)18-12-14-24(15-13-18)19(25)11-10-17-8-6-5-7-9-17;/h5-9,18H,3-4,10-16,22H2,1-2H3,(H,23,26);1H. The third-order valence-electron chi connectivity index (χ3n) is 5.71. The molecule has 2 rings (SSSR count). The van der Waals surface area contributed by atoms with Crippen molar-refractivity contribution in [1.82, 2.24) is 10.2 Å². The van der Waals surface area contributed by atoms with E-state index >= 15 is 0 Å². The Morgan fingerprint density at radius 3 is 2.30 bits per heavy atom. The predicted octanol–water partition coefficient (Wildman–Crippen LogP) is 2.91. The van der Waals surface area contributed by atoms with Gasteiger partial charge in [-0.05, 0) is 37.7 Å². The highest BCUT2D eigenvalue weighted by Gasteiger charge is 2.28. The maximum atomic E-state index is 12.4. The van der Waals surface area contributed by atoms with Crippen molar-refractivity contribution in [3.63, 3.8) is 0 Å². The highest BCUT2D eigenvalue weighted by molar-refractivity contribution is 5.85. The molecule has 6 heteroatoms. The Balaban J connectivity index is 0.00000364. The molecule has 1 saturated heterocycles. The van der Waals surface area contributed by atoms with Gasteiger partial charge in [0.1, 0.15) is 0 Å². The van der Waals surface area contributed by atoms with Crippen LogP contribution in [0, 0.1) is 5.92 Å². The zero-order valence-electron chi connectivity index (χ0n) is 16.6. The largest absolute Gasteiger partial charge is 0.354 e. The van der Waals surface area contributed by atoms with E-state index in [0.29, 0.717) is 26.1 Å². The number of amides is 2. The van der Waals surface area contributed by atoms with Crippen molar-refractivity contribution in [2.24, 2.45) is 11.7 Å². The second-order valence-electron chi connectivity index (χ2n) is 7.43. The third kappa shape index (κ3) is 7.15. The summed E-state index contributed by atoms with van der Waals surface area (Å²) in [5.41, 5.74) is 7.12. The number of aryl methyl sites for hydroxylation is 1. The number of rotatable bonds is 8. The van der Waals surface area contributed by atoms with Gasteiger partial charge in [0.2, 0.25) is 11.8 Å². The van der Waals surface area contributed by atoms with Crippen molar-refractivity contribution in [1.29, 1.82) is 0 Å². The molecule has 0 radical (unpaired) electrons. The fourth-order valence-corrected chi connectivity index (χ4v) is 3.35. The number of hydrogen-bond donors (Lipinski definition) is 2. The Morgan fingerprint density at radius 2 is 1.74 bits per heavy atom. The molecule has 0 aliphatic carbocycles. The van der Waals surface area contributed by atoms with Crippen molar-refractivity contribution < 1.29 is 9.59 Å². The van der Waals surface area contributed by atoms with Crippen LogP contribution in [0.2, 0.25) is 0 Å². The first kappa shape index (κ1) is 23.4. The van der Waals surface area contributed by atoms with Crippen LogP contribution in [-0.4, -0.2) is 41.9 Å². The van der Waals surface area contributed by atoms with Gasteiger partial charge < -0.3 is 16.0 Å². The molecule has 2 amide bonds. The average Bonchev–Trinajstić information content (AvgIpc) is 2.70. The smallest absolute Gasteiger partial charge is 0.223 e. The SMILES string of the molecule is CCC(N)(CC)CNC(=O)C1CCN(C(=O)CCc2ccccc2)CC1.Cl. The highest BCUT2D eigenvalue weighted by Crippen LogP contribution is 2.19. The van der Waals surface area contributed by atoms with Crippen LogP contribution in [0.1, 0.15) is 51.5 Å². The van der Waals surface area contributed by atoms with E-state index in [2.05, 4.69) is 19.2 Å². The monoisotopic (exact) mass is 395 g/mol. The second-order valence-corrected chi connectivity index (χ2v) is 7.43. The van der Waals surface area contributed by atoms with Gasteiger partial charge in [-0.25, -0.2) is 0 Å². The van der Waals surface area contributed by atoms with E-state index in [-0.39, 0.29) is 35.7 Å². The summed E-state index contributed by atoms with van der Waals surface area (Å²) >= 11 is 0. The number of carbonyl (C=O) groups is 2. The highest BCUT2D eigenvalue weighted by atomic mass is 35.5. The lowest BCUT2D eigenvalue weighted by Gasteiger charge is -2.33. The van der Waals surface area contributed by atoms with Gasteiger partial charge in [0, 0.05) is 37.5 Å². The molecule has 1 aromatic carbocycles. The predicted molar refractivity (Wildman–Crippen MR) is 112 cm³/mol. The van der Waals surface area contributed by atoms with Crippen LogP contribution in [0.4, 0.5) is 0 Å². The van der Waals surface area contributed by atoms with Crippen LogP contribution in [0.5, 0.6) is 0 Å². The molecule has 1 fully saturated rings. The maximum Gasteiger partial charge on any atom is 0.223 e. The fourth-order valence-electron chi connectivity index (χ4n) is 3.35. The molecule has 0 unspecified atom stereocenters. The normalized spacial score (nSPS) is 15.1. The van der Waals surface area contributed by atoms with E-state index in [1.54, 1.807) is 0 Å². The summed E-state index contributed by atoms with van der Waals surface area (Å²) in [6, 6.07) is 10.1. The summed E-state index contributed by atoms with van der Waals surface area (Å²) in [4.78, 5) is 26.7. The Hall–Kier alpha value is -1.59. The van der Waals surface area contributed by atoms with Crippen LogP contribution < -0.4 is 11.1 Å². The Bertz CT molecular complexity index is 582. The Morgan fingerprint density at radius 1 is 1.15 bits per heavy atom. The summed E-state index contributed by atoms with van der Waals surface area (Å²) in [6.07, 6.45) is 4.46. The van der Waals surface area contributed by atoms with Crippen LogP contribution in [-0.2, 0) is 16.0 Å². The first-order chi connectivity index (χ1) is 12.5. The summed E-state index contributed by atoms with van der Waals surface area (Å²) in [7, 11) is 0. The summed E-state index contributed by atoms with van der Waals surface area (Å²) < 4.78 is 0. The molecule has 0 saturated carbocycles. The zero-order chi connectivity index (χ0) is 19.0. The molecule has 1 aliphatic heterocycles. The summed E-state index contributed by atoms with van der Waals surface area (Å²) in [5.74, 6) is 0.259. The van der Waals surface area contributed by atoms with Gasteiger partial charge in [0.25, 0.3) is 0 Å². The lowest BCUT2D eigenvalue weighted by molar-refractivity contribution is -0.135. The van der Waals surface area contributed by atoms with E-state index in [9.17, 15) is 9.59 Å². The van der Waals surface area contributed by atoms with Crippen LogP contribution in [0.15, 0.2) is 30.3 Å². The quantitative estimate of drug-likeness (QED) is 0.710. The van der Waals surface area contributed by atoms with Gasteiger partial charge in [-0.1, -0.05) is 44.2 Å². The van der Waals surface area contributed by atoms with E-state index in [0.717, 1.165) is 32.1 Å². The second kappa shape index (κ2) is 11.3. The molecular weight excluding hydrogens is 362 g/mol. The Labute approximate surface area is 169 Å². The number of benzene rings is 1. The van der Waals surface area contributed by atoms with Crippen LogP contribution in [0.3, 0.4) is 0 Å². The summed E-state index contributed by atoms with van der Waals surface area (Å²) in [6.45, 7) is 5.96. The number of piperidine rings is 1. The van der Waals surface area contributed by atoms with Gasteiger partial charge in [-0.3, -0.25) is 9.59 Å². The molecule has 152 valence electrons. The van der Waals surface area contributed by atoms with Crippen LogP contribution >= 0.6 is 12.4 Å². The maximum absolute atomic E-state index is 12.4. The zero-order valence-corrected chi connectivity index (χ0v) is 17.4. The lowest BCUT2D eigenvalue weighted by atomic mass is 9.92. The van der Waals surface area contributed by atoms with Crippen molar-refractivity contribution in [2.75, 3.05) is 19.6 Å². The molecular formula is C21H34ClN3O2. The average molecular weight is 396 g/mol. The third-order valence-corrected chi connectivity index (χ3v) is 5.71. The van der Waals surface area contributed by atoms with E-state index in [1.165, 1.54) is 5.56 Å². The number of carbonyl (C=O) groups excluding carboxylic acids is 2. The topological polar surface area (TPSA) is 75.4 Å². The molecule has 27 heavy (non-hydrogen) atoms. The number of nitrogens with zero attached hydrogens (tertiary/aromatic N) is 1. The van der Waals surface area contributed by atoms with Gasteiger partial charge in [0.05, 0.1) is 0 Å². The van der Waals surface area contributed by atoms with Crippen LogP contribution in [0.25, 0.3) is 0 Å².